The second-order valence-corrected chi connectivity index (χ2v) is 8.12. The van der Waals surface area contributed by atoms with Crippen LogP contribution in [0, 0.1) is 12.8 Å². The number of aromatic nitrogens is 1. The number of aryl methyl sites for hydroxylation is 1. The van der Waals surface area contributed by atoms with E-state index in [4.69, 9.17) is 28.2 Å². The van der Waals surface area contributed by atoms with Crippen LogP contribution in [-0.4, -0.2) is 21.5 Å². The van der Waals surface area contributed by atoms with Gasteiger partial charge in [-0.3, -0.25) is 4.79 Å². The van der Waals surface area contributed by atoms with E-state index in [1.54, 1.807) is 12.3 Å². The molecule has 0 atom stereocenters. The molecule has 0 amide bonds. The molecule has 0 unspecified atom stereocenters. The van der Waals surface area contributed by atoms with Crippen LogP contribution < -0.4 is 10.9 Å². The van der Waals surface area contributed by atoms with Gasteiger partial charge in [-0.05, 0) is 66.3 Å². The zero-order chi connectivity index (χ0) is 20.3. The number of halogens is 1. The molecule has 0 aliphatic heterocycles. The van der Waals surface area contributed by atoms with Gasteiger partial charge in [0.05, 0.1) is 19.4 Å². The van der Waals surface area contributed by atoms with Crippen molar-refractivity contribution >= 4 is 39.8 Å². The van der Waals surface area contributed by atoms with Crippen molar-refractivity contribution in [1.82, 2.24) is 15.2 Å². The summed E-state index contributed by atoms with van der Waals surface area (Å²) in [7, 11) is 0. The Kier molecular flexibility index (Phi) is 6.42. The number of aromatic amines is 1. The van der Waals surface area contributed by atoms with Crippen molar-refractivity contribution in [1.29, 1.82) is 0 Å². The summed E-state index contributed by atoms with van der Waals surface area (Å²) in [6, 6.07) is 9.40. The third-order valence-corrected chi connectivity index (χ3v) is 5.25. The lowest BCUT2D eigenvalue weighted by Crippen LogP contribution is -2.41. The average molecular weight is 418 g/mol. The highest BCUT2D eigenvalue weighted by Gasteiger charge is 2.16. The summed E-state index contributed by atoms with van der Waals surface area (Å²) in [5, 5.41) is 5.44. The second kappa shape index (κ2) is 8.80. The molecule has 2 aromatic heterocycles. The lowest BCUT2D eigenvalue weighted by atomic mass is 10.1. The van der Waals surface area contributed by atoms with E-state index in [1.807, 2.05) is 36.1 Å². The van der Waals surface area contributed by atoms with Crippen LogP contribution >= 0.6 is 23.8 Å². The van der Waals surface area contributed by atoms with E-state index in [0.29, 0.717) is 34.7 Å². The van der Waals surface area contributed by atoms with Crippen molar-refractivity contribution in [2.75, 3.05) is 6.54 Å². The SMILES string of the molecule is Cc1cc2cc(CN(Cc3ccco3)C(=S)NCC(C)C)c(=O)[nH]c2cc1Cl. The maximum absolute atomic E-state index is 12.6. The van der Waals surface area contributed by atoms with E-state index < -0.39 is 0 Å². The predicted molar refractivity (Wildman–Crippen MR) is 118 cm³/mol. The summed E-state index contributed by atoms with van der Waals surface area (Å²) in [6.07, 6.45) is 1.63. The standard InChI is InChI=1S/C21H24ClN3O2S/c1-13(2)10-23-21(28)25(12-17-5-4-6-27-17)11-16-8-15-7-14(3)18(22)9-19(15)24-20(16)26/h4-9,13H,10-12H2,1-3H3,(H,23,28)(H,24,26). The third kappa shape index (κ3) is 4.94. The average Bonchev–Trinajstić information content (AvgIpc) is 3.14. The fourth-order valence-corrected chi connectivity index (χ4v) is 3.28. The molecule has 0 radical (unpaired) electrons. The molecule has 0 bridgehead atoms. The molecule has 2 N–H and O–H groups in total. The van der Waals surface area contributed by atoms with Crippen LogP contribution in [0.15, 0.2) is 45.8 Å². The first-order valence-electron chi connectivity index (χ1n) is 9.20. The number of nitrogens with zero attached hydrogens (tertiary/aromatic N) is 1. The van der Waals surface area contributed by atoms with Crippen LogP contribution in [-0.2, 0) is 13.1 Å². The Labute approximate surface area is 174 Å². The normalized spacial score (nSPS) is 11.2. The summed E-state index contributed by atoms with van der Waals surface area (Å²) < 4.78 is 5.48. The number of thiocarbonyl (C=S) groups is 1. The molecule has 1 aromatic carbocycles. The minimum atomic E-state index is -0.150. The fourth-order valence-electron chi connectivity index (χ4n) is 2.90. The number of nitrogens with one attached hydrogen (secondary N) is 2. The van der Waals surface area contributed by atoms with Gasteiger partial charge in [-0.2, -0.15) is 0 Å². The number of hydrogen-bond acceptors (Lipinski definition) is 3. The van der Waals surface area contributed by atoms with Crippen molar-refractivity contribution in [3.05, 3.63) is 68.9 Å². The summed E-state index contributed by atoms with van der Waals surface area (Å²) in [4.78, 5) is 17.5. The van der Waals surface area contributed by atoms with Gasteiger partial charge < -0.3 is 19.6 Å². The molecule has 3 rings (SSSR count). The summed E-state index contributed by atoms with van der Waals surface area (Å²) in [6.45, 7) is 7.80. The van der Waals surface area contributed by atoms with Crippen LogP contribution in [0.1, 0.15) is 30.7 Å². The topological polar surface area (TPSA) is 61.3 Å². The molecule has 148 valence electrons. The molecular weight excluding hydrogens is 394 g/mol. The Hall–Kier alpha value is -2.31. The Morgan fingerprint density at radius 3 is 2.79 bits per heavy atom. The van der Waals surface area contributed by atoms with Crippen molar-refractivity contribution < 1.29 is 4.42 Å². The Balaban J connectivity index is 1.90. The molecule has 28 heavy (non-hydrogen) atoms. The Bertz CT molecular complexity index is 1030. The van der Waals surface area contributed by atoms with E-state index in [2.05, 4.69) is 24.1 Å². The quantitative estimate of drug-likeness (QED) is 0.573. The maximum atomic E-state index is 12.6. The Morgan fingerprint density at radius 1 is 1.32 bits per heavy atom. The van der Waals surface area contributed by atoms with Gasteiger partial charge in [0.25, 0.3) is 5.56 Å². The van der Waals surface area contributed by atoms with E-state index in [1.165, 1.54) is 0 Å². The van der Waals surface area contributed by atoms with E-state index in [0.717, 1.165) is 28.8 Å². The van der Waals surface area contributed by atoms with Gasteiger partial charge in [0, 0.05) is 22.6 Å². The molecule has 0 fully saturated rings. The number of rotatable bonds is 6. The van der Waals surface area contributed by atoms with Gasteiger partial charge in [0.1, 0.15) is 5.76 Å². The highest BCUT2D eigenvalue weighted by molar-refractivity contribution is 7.80. The van der Waals surface area contributed by atoms with Gasteiger partial charge in [0.15, 0.2) is 5.11 Å². The van der Waals surface area contributed by atoms with Gasteiger partial charge >= 0.3 is 0 Å². The zero-order valence-corrected chi connectivity index (χ0v) is 17.8. The highest BCUT2D eigenvalue weighted by Crippen LogP contribution is 2.22. The van der Waals surface area contributed by atoms with Gasteiger partial charge in [0.2, 0.25) is 0 Å². The van der Waals surface area contributed by atoms with Crippen molar-refractivity contribution in [2.24, 2.45) is 5.92 Å². The predicted octanol–water partition coefficient (Wildman–Crippen LogP) is 4.62. The summed E-state index contributed by atoms with van der Waals surface area (Å²) in [5.41, 5.74) is 2.18. The number of furan rings is 1. The van der Waals surface area contributed by atoms with Crippen LogP contribution in [0.3, 0.4) is 0 Å². The largest absolute Gasteiger partial charge is 0.467 e. The molecular formula is C21H24ClN3O2S. The molecule has 0 aliphatic carbocycles. The van der Waals surface area contributed by atoms with Crippen molar-refractivity contribution in [2.45, 2.75) is 33.9 Å². The smallest absolute Gasteiger partial charge is 0.253 e. The van der Waals surface area contributed by atoms with Gasteiger partial charge in [-0.1, -0.05) is 25.4 Å². The third-order valence-electron chi connectivity index (χ3n) is 4.44. The fraction of sp³-hybridized carbons (Fsp3) is 0.333. The first-order valence-corrected chi connectivity index (χ1v) is 9.99. The van der Waals surface area contributed by atoms with Crippen LogP contribution in [0.25, 0.3) is 10.9 Å². The minimum Gasteiger partial charge on any atom is -0.467 e. The number of hydrogen-bond donors (Lipinski definition) is 2. The van der Waals surface area contributed by atoms with Gasteiger partial charge in [-0.15, -0.1) is 0 Å². The van der Waals surface area contributed by atoms with E-state index >= 15 is 0 Å². The molecule has 2 heterocycles. The highest BCUT2D eigenvalue weighted by atomic mass is 35.5. The number of benzene rings is 1. The summed E-state index contributed by atoms with van der Waals surface area (Å²) >= 11 is 11.8. The maximum Gasteiger partial charge on any atom is 0.253 e. The molecule has 5 nitrogen and oxygen atoms in total. The number of fused-ring (bicyclic) bond motifs is 1. The van der Waals surface area contributed by atoms with Crippen LogP contribution in [0.5, 0.6) is 0 Å². The van der Waals surface area contributed by atoms with E-state index in [9.17, 15) is 4.79 Å². The molecule has 7 heteroatoms. The van der Waals surface area contributed by atoms with Crippen LogP contribution in [0.2, 0.25) is 5.02 Å². The van der Waals surface area contributed by atoms with E-state index in [-0.39, 0.29) is 5.56 Å². The first-order chi connectivity index (χ1) is 13.3. The number of pyridine rings is 1. The molecule has 3 aromatic rings. The van der Waals surface area contributed by atoms with Crippen LogP contribution in [0.4, 0.5) is 0 Å². The second-order valence-electron chi connectivity index (χ2n) is 7.33. The summed E-state index contributed by atoms with van der Waals surface area (Å²) in [5.74, 6) is 1.24. The lowest BCUT2D eigenvalue weighted by molar-refractivity contribution is 0.348. The minimum absolute atomic E-state index is 0.150. The van der Waals surface area contributed by atoms with Crippen molar-refractivity contribution in [3.63, 3.8) is 0 Å². The monoisotopic (exact) mass is 417 g/mol. The first kappa shape index (κ1) is 20.4. The molecule has 0 aliphatic rings. The Morgan fingerprint density at radius 2 is 2.11 bits per heavy atom. The molecule has 0 saturated carbocycles. The van der Waals surface area contributed by atoms with Gasteiger partial charge in [-0.25, -0.2) is 0 Å². The van der Waals surface area contributed by atoms with Crippen molar-refractivity contribution in [3.8, 4) is 0 Å². The molecule has 0 saturated heterocycles. The lowest BCUT2D eigenvalue weighted by Gasteiger charge is -2.25. The molecule has 0 spiro atoms. The zero-order valence-electron chi connectivity index (χ0n) is 16.2. The number of H-pyrrole nitrogens is 1.